The van der Waals surface area contributed by atoms with Crippen LogP contribution in [0.1, 0.15) is 81.1 Å². The molecule has 0 saturated heterocycles. The Balaban J connectivity index is 1.36. The Morgan fingerprint density at radius 1 is 1.09 bits per heavy atom. The number of aromatic nitrogens is 6. The van der Waals surface area contributed by atoms with Gasteiger partial charge in [-0.05, 0) is 57.1 Å². The molecule has 4 aromatic rings. The van der Waals surface area contributed by atoms with Crippen molar-refractivity contribution in [3.05, 3.63) is 53.6 Å². The first-order chi connectivity index (χ1) is 22.0. The van der Waals surface area contributed by atoms with Crippen LogP contribution in [-0.4, -0.2) is 66.0 Å². The lowest BCUT2D eigenvalue weighted by atomic mass is 9.93. The third kappa shape index (κ3) is 7.70. The van der Waals surface area contributed by atoms with Crippen molar-refractivity contribution in [1.29, 1.82) is 0 Å². The molecule has 2 amide bonds. The second-order valence-electron chi connectivity index (χ2n) is 11.6. The Hall–Kier alpha value is -4.37. The number of rotatable bonds is 11. The van der Waals surface area contributed by atoms with E-state index in [1.165, 1.54) is 30.7 Å². The molecular weight excluding hydrogens is 618 g/mol. The van der Waals surface area contributed by atoms with Crippen molar-refractivity contribution in [2.45, 2.75) is 78.0 Å². The van der Waals surface area contributed by atoms with E-state index < -0.39 is 29.6 Å². The Kier molecular flexibility index (Phi) is 10.3. The first-order valence-electron chi connectivity index (χ1n) is 15.2. The fraction of sp³-hybridized carbons (Fsp3) is 0.452. The van der Waals surface area contributed by atoms with Crippen LogP contribution in [0, 0.1) is 17.7 Å². The summed E-state index contributed by atoms with van der Waals surface area (Å²) in [6.07, 6.45) is 8.38. The summed E-state index contributed by atoms with van der Waals surface area (Å²) in [6, 6.07) is 1.12. The molecule has 0 unspecified atom stereocenters. The van der Waals surface area contributed by atoms with E-state index in [2.05, 4.69) is 30.8 Å². The van der Waals surface area contributed by atoms with Crippen LogP contribution in [0.15, 0.2) is 36.1 Å². The highest BCUT2D eigenvalue weighted by atomic mass is 32.1. The van der Waals surface area contributed by atoms with Crippen LogP contribution >= 0.6 is 11.3 Å². The minimum absolute atomic E-state index is 0.00245. The molecule has 2 N–H and O–H groups in total. The fourth-order valence-corrected chi connectivity index (χ4v) is 6.27. The minimum atomic E-state index is -0.878. The summed E-state index contributed by atoms with van der Waals surface area (Å²) >= 11 is 1.17. The van der Waals surface area contributed by atoms with Crippen LogP contribution in [0.25, 0.3) is 22.0 Å². The predicted octanol–water partition coefficient (Wildman–Crippen LogP) is 5.51. The molecule has 4 heterocycles. The number of amides is 2. The maximum absolute atomic E-state index is 14.8. The molecule has 15 heteroatoms. The fourth-order valence-electron chi connectivity index (χ4n) is 5.49. The third-order valence-electron chi connectivity index (χ3n) is 7.61. The van der Waals surface area contributed by atoms with E-state index in [1.54, 1.807) is 16.3 Å². The van der Waals surface area contributed by atoms with E-state index in [0.29, 0.717) is 23.6 Å². The molecular formula is C31H36F2N8O4S. The van der Waals surface area contributed by atoms with Crippen molar-refractivity contribution in [3.63, 3.8) is 0 Å². The second-order valence-corrected chi connectivity index (χ2v) is 12.5. The number of carbonyl (C=O) groups excluding carboxylic acids is 3. The topological polar surface area (TPSA) is 146 Å². The highest BCUT2D eigenvalue weighted by Gasteiger charge is 2.28. The van der Waals surface area contributed by atoms with Crippen LogP contribution < -0.4 is 10.6 Å². The zero-order valence-corrected chi connectivity index (χ0v) is 26.8. The van der Waals surface area contributed by atoms with Gasteiger partial charge in [0.2, 0.25) is 11.9 Å². The molecule has 0 radical (unpaired) electrons. The summed E-state index contributed by atoms with van der Waals surface area (Å²) in [5, 5.41) is 16.1. The van der Waals surface area contributed by atoms with Crippen molar-refractivity contribution in [1.82, 2.24) is 34.8 Å². The number of anilines is 1. The monoisotopic (exact) mass is 654 g/mol. The van der Waals surface area contributed by atoms with Gasteiger partial charge in [0.05, 0.1) is 24.0 Å². The van der Waals surface area contributed by atoms with E-state index in [4.69, 9.17) is 4.74 Å². The molecule has 46 heavy (non-hydrogen) atoms. The molecule has 1 aliphatic carbocycles. The first kappa shape index (κ1) is 33.0. The molecule has 1 atom stereocenters. The number of carbonyl (C=O) groups is 3. The van der Waals surface area contributed by atoms with E-state index in [0.717, 1.165) is 42.5 Å². The van der Waals surface area contributed by atoms with Crippen LogP contribution in [-0.2, 0) is 9.53 Å². The molecule has 0 aliphatic heterocycles. The second kappa shape index (κ2) is 14.4. The maximum atomic E-state index is 14.8. The molecule has 12 nitrogen and oxygen atoms in total. The van der Waals surface area contributed by atoms with Crippen molar-refractivity contribution >= 4 is 34.7 Å². The minimum Gasteiger partial charge on any atom is -0.379 e. The SMILES string of the molecule is CCO[C@H]1CC[C@H](n2cc(NC(=O)c3csc(-c4cnn(C(=O)[C@@H](CC(C)C)NC(C)=O)c4)n3)c(-c3nc(F)ccc3F)n2)CC1. The summed E-state index contributed by atoms with van der Waals surface area (Å²) < 4.78 is 37.5. The molecule has 1 saturated carbocycles. The van der Waals surface area contributed by atoms with E-state index >= 15 is 0 Å². The lowest BCUT2D eigenvalue weighted by molar-refractivity contribution is -0.119. The average molecular weight is 655 g/mol. The molecule has 4 aromatic heterocycles. The highest BCUT2D eigenvalue weighted by molar-refractivity contribution is 7.13. The smallest absolute Gasteiger partial charge is 0.275 e. The number of nitrogens with one attached hydrogen (secondary N) is 2. The van der Waals surface area contributed by atoms with Gasteiger partial charge in [0.15, 0.2) is 5.82 Å². The quantitative estimate of drug-likeness (QED) is 0.202. The Bertz CT molecular complexity index is 1710. The Morgan fingerprint density at radius 2 is 1.85 bits per heavy atom. The summed E-state index contributed by atoms with van der Waals surface area (Å²) in [6.45, 7) is 7.85. The van der Waals surface area contributed by atoms with Gasteiger partial charge in [0, 0.05) is 36.9 Å². The van der Waals surface area contributed by atoms with Crippen LogP contribution in [0.4, 0.5) is 14.5 Å². The maximum Gasteiger partial charge on any atom is 0.275 e. The molecule has 1 fully saturated rings. The van der Waals surface area contributed by atoms with E-state index in [-0.39, 0.29) is 46.7 Å². The van der Waals surface area contributed by atoms with Gasteiger partial charge in [-0.2, -0.15) is 14.6 Å². The van der Waals surface area contributed by atoms with Crippen LogP contribution in [0.5, 0.6) is 0 Å². The number of ether oxygens (including phenoxy) is 1. The normalized spacial score (nSPS) is 17.2. The molecule has 244 valence electrons. The standard InChI is InChI=1S/C31H36F2N8O4S/c1-5-45-21-8-6-20(7-9-21)40-15-24(28(39-40)27-22(32)10-11-26(33)38-27)36-29(43)25-16-46-30(37-25)19-13-34-41(14-19)31(44)23(12-17(2)3)35-18(4)42/h10-11,13-17,20-21,23H,5-9,12H2,1-4H3,(H,35,42)(H,36,43)/t20-,21-,23-/m1/s1. The predicted molar refractivity (Wildman–Crippen MR) is 167 cm³/mol. The lowest BCUT2D eigenvalue weighted by Gasteiger charge is -2.28. The number of hydrogen-bond donors (Lipinski definition) is 2. The number of nitrogens with zero attached hydrogens (tertiary/aromatic N) is 6. The van der Waals surface area contributed by atoms with Gasteiger partial charge in [-0.25, -0.2) is 19.0 Å². The summed E-state index contributed by atoms with van der Waals surface area (Å²) in [4.78, 5) is 46.3. The number of halogens is 2. The van der Waals surface area contributed by atoms with Crippen LogP contribution in [0.3, 0.4) is 0 Å². The van der Waals surface area contributed by atoms with Gasteiger partial charge in [-0.15, -0.1) is 11.3 Å². The van der Waals surface area contributed by atoms with Crippen molar-refractivity contribution in [3.8, 4) is 22.0 Å². The Labute approximate surface area is 268 Å². The number of pyridine rings is 1. The molecule has 5 rings (SSSR count). The highest BCUT2D eigenvalue weighted by Crippen LogP contribution is 2.34. The molecule has 1 aliphatic rings. The zero-order chi connectivity index (χ0) is 33.0. The van der Waals surface area contributed by atoms with E-state index in [9.17, 15) is 23.2 Å². The van der Waals surface area contributed by atoms with Crippen molar-refractivity contribution in [2.75, 3.05) is 11.9 Å². The molecule has 0 spiro atoms. The summed E-state index contributed by atoms with van der Waals surface area (Å²) in [5.74, 6) is -2.80. The lowest BCUT2D eigenvalue weighted by Crippen LogP contribution is -2.43. The largest absolute Gasteiger partial charge is 0.379 e. The summed E-state index contributed by atoms with van der Waals surface area (Å²) in [7, 11) is 0. The van der Waals surface area contributed by atoms with Gasteiger partial charge >= 0.3 is 0 Å². The van der Waals surface area contributed by atoms with Crippen molar-refractivity contribution in [2.24, 2.45) is 5.92 Å². The van der Waals surface area contributed by atoms with Gasteiger partial charge in [0.25, 0.3) is 11.8 Å². The van der Waals surface area contributed by atoms with Gasteiger partial charge in [-0.3, -0.25) is 19.1 Å². The Morgan fingerprint density at radius 3 is 2.54 bits per heavy atom. The summed E-state index contributed by atoms with van der Waals surface area (Å²) in [5.41, 5.74) is 0.422. The van der Waals surface area contributed by atoms with Crippen molar-refractivity contribution < 1.29 is 27.9 Å². The third-order valence-corrected chi connectivity index (χ3v) is 8.50. The van der Waals surface area contributed by atoms with Gasteiger partial charge in [-0.1, -0.05) is 13.8 Å². The van der Waals surface area contributed by atoms with Gasteiger partial charge < -0.3 is 15.4 Å². The zero-order valence-electron chi connectivity index (χ0n) is 26.0. The molecule has 0 aromatic carbocycles. The number of thiazole rings is 1. The number of hydrogen-bond acceptors (Lipinski definition) is 9. The van der Waals surface area contributed by atoms with Gasteiger partial charge in [0.1, 0.15) is 28.1 Å². The van der Waals surface area contributed by atoms with E-state index in [1.807, 2.05) is 20.8 Å². The first-order valence-corrected chi connectivity index (χ1v) is 16.1. The molecule has 0 bridgehead atoms. The average Bonchev–Trinajstić information content (AvgIpc) is 3.78. The van der Waals surface area contributed by atoms with Crippen LogP contribution in [0.2, 0.25) is 0 Å².